The van der Waals surface area contributed by atoms with Gasteiger partial charge in [0, 0.05) is 23.7 Å². The number of unbranched alkanes of at least 4 members (excludes halogenated alkanes) is 5. The zero-order valence-electron chi connectivity index (χ0n) is 19.0. The predicted molar refractivity (Wildman–Crippen MR) is 135 cm³/mol. The van der Waals surface area contributed by atoms with Crippen molar-refractivity contribution >= 4 is 52.8 Å². The van der Waals surface area contributed by atoms with Gasteiger partial charge in [0.25, 0.3) is 0 Å². The Kier molecular flexibility index (Phi) is 9.64. The number of carbonyl (C=O) groups is 2. The molecule has 0 aliphatic carbocycles. The average molecular weight is 510 g/mol. The number of hydrogen-bond donors (Lipinski definition) is 0. The third kappa shape index (κ3) is 6.52. The summed E-state index contributed by atoms with van der Waals surface area (Å²) in [6.45, 7) is 3.04. The molecule has 178 valence electrons. The predicted octanol–water partition coefficient (Wildman–Crippen LogP) is 6.62. The van der Waals surface area contributed by atoms with Gasteiger partial charge in [-0.25, -0.2) is 9.59 Å². The molecule has 0 aromatic heterocycles. The highest BCUT2D eigenvalue weighted by Gasteiger charge is 2.32. The first kappa shape index (κ1) is 25.6. The molecule has 1 aromatic carbocycles. The normalized spacial score (nSPS) is 16.2. The summed E-state index contributed by atoms with van der Waals surface area (Å²) in [5.74, 6) is 0.273. The minimum Gasteiger partial charge on any atom is -0.465 e. The topological polar surface area (TPSA) is 65.1 Å². The molecule has 0 saturated heterocycles. The van der Waals surface area contributed by atoms with Crippen molar-refractivity contribution in [2.24, 2.45) is 0 Å². The van der Waals surface area contributed by atoms with Gasteiger partial charge in [0.1, 0.15) is 9.81 Å². The summed E-state index contributed by atoms with van der Waals surface area (Å²) in [5.41, 5.74) is 0.980. The van der Waals surface area contributed by atoms with Crippen molar-refractivity contribution in [3.05, 3.63) is 55.3 Å². The van der Waals surface area contributed by atoms with Gasteiger partial charge in [-0.2, -0.15) is 0 Å². The number of esters is 2. The SMILES string of the molecule is CCCCCCCCN1C(=CC=C2SC(C(=O)OC)=C(C(=O)OC)S2)Oc2cc(Cl)ccc21. The van der Waals surface area contributed by atoms with E-state index in [0.29, 0.717) is 16.7 Å². The van der Waals surface area contributed by atoms with Gasteiger partial charge in [0.2, 0.25) is 5.88 Å². The molecule has 9 heteroatoms. The van der Waals surface area contributed by atoms with Crippen LogP contribution in [0.25, 0.3) is 0 Å². The van der Waals surface area contributed by atoms with Crippen LogP contribution in [0, 0.1) is 0 Å². The Morgan fingerprint density at radius 3 is 2.27 bits per heavy atom. The van der Waals surface area contributed by atoms with Gasteiger partial charge in [-0.3, -0.25) is 0 Å². The molecule has 2 aliphatic heterocycles. The molecule has 0 N–H and O–H groups in total. The molecule has 0 radical (unpaired) electrons. The molecule has 0 atom stereocenters. The minimum absolute atomic E-state index is 0.227. The van der Waals surface area contributed by atoms with Crippen LogP contribution >= 0.6 is 35.1 Å². The second kappa shape index (κ2) is 12.4. The first-order valence-electron chi connectivity index (χ1n) is 10.9. The molecule has 0 unspecified atom stereocenters. The van der Waals surface area contributed by atoms with E-state index in [-0.39, 0.29) is 9.81 Å². The lowest BCUT2D eigenvalue weighted by atomic mass is 10.1. The Labute approximate surface area is 208 Å². The smallest absolute Gasteiger partial charge is 0.346 e. The highest BCUT2D eigenvalue weighted by Crippen LogP contribution is 2.50. The van der Waals surface area contributed by atoms with Crippen LogP contribution < -0.4 is 9.64 Å². The van der Waals surface area contributed by atoms with Crippen molar-refractivity contribution in [2.75, 3.05) is 25.7 Å². The van der Waals surface area contributed by atoms with E-state index >= 15 is 0 Å². The number of halogens is 1. The lowest BCUT2D eigenvalue weighted by Crippen LogP contribution is -2.21. The Morgan fingerprint density at radius 2 is 1.64 bits per heavy atom. The van der Waals surface area contributed by atoms with Crippen molar-refractivity contribution < 1.29 is 23.8 Å². The standard InChI is InChI=1S/C24H28ClNO5S2/c1-4-5-6-7-8-9-14-26-17-11-10-16(25)15-18(17)31-19(26)12-13-20-32-21(23(27)29-2)22(33-20)24(28)30-3/h10-13,15H,4-9,14H2,1-3H3. The highest BCUT2D eigenvalue weighted by atomic mass is 35.5. The number of carbonyl (C=O) groups excluding carboxylic acids is 2. The summed E-state index contributed by atoms with van der Waals surface area (Å²) in [5, 5.41) is 0.615. The van der Waals surface area contributed by atoms with Crippen molar-refractivity contribution in [3.63, 3.8) is 0 Å². The van der Waals surface area contributed by atoms with Crippen molar-refractivity contribution in [2.45, 2.75) is 45.4 Å². The molecule has 0 amide bonds. The fraction of sp³-hybridized carbons (Fsp3) is 0.417. The first-order chi connectivity index (χ1) is 16.0. The van der Waals surface area contributed by atoms with Crippen LogP contribution in [0.3, 0.4) is 0 Å². The van der Waals surface area contributed by atoms with Crippen molar-refractivity contribution in [1.29, 1.82) is 0 Å². The Morgan fingerprint density at radius 1 is 1.00 bits per heavy atom. The number of rotatable bonds is 10. The van der Waals surface area contributed by atoms with Gasteiger partial charge in [-0.05, 0) is 24.6 Å². The van der Waals surface area contributed by atoms with Crippen LogP contribution in [0.2, 0.25) is 5.02 Å². The van der Waals surface area contributed by atoms with E-state index in [9.17, 15) is 9.59 Å². The monoisotopic (exact) mass is 509 g/mol. The summed E-state index contributed by atoms with van der Waals surface area (Å²) in [4.78, 5) is 26.8. The molecule has 2 heterocycles. The van der Waals surface area contributed by atoms with E-state index in [1.807, 2.05) is 30.4 Å². The maximum absolute atomic E-state index is 12.1. The molecular formula is C24H28ClNO5S2. The molecule has 2 aliphatic rings. The molecule has 33 heavy (non-hydrogen) atoms. The molecule has 6 nitrogen and oxygen atoms in total. The zero-order chi connectivity index (χ0) is 23.8. The number of nitrogens with zero attached hydrogens (tertiary/aromatic N) is 1. The maximum Gasteiger partial charge on any atom is 0.346 e. The number of hydrogen-bond acceptors (Lipinski definition) is 8. The third-order valence-corrected chi connectivity index (χ3v) is 7.83. The van der Waals surface area contributed by atoms with Gasteiger partial charge in [0.05, 0.1) is 24.1 Å². The number of anilines is 1. The lowest BCUT2D eigenvalue weighted by molar-refractivity contribution is -0.138. The Balaban J connectivity index is 1.75. The lowest BCUT2D eigenvalue weighted by Gasteiger charge is -2.18. The molecule has 0 saturated carbocycles. The number of allylic oxidation sites excluding steroid dienone is 2. The van der Waals surface area contributed by atoms with Crippen LogP contribution in [-0.4, -0.2) is 32.7 Å². The average Bonchev–Trinajstić information content (AvgIpc) is 3.40. The van der Waals surface area contributed by atoms with E-state index in [1.54, 1.807) is 0 Å². The molecular weight excluding hydrogens is 482 g/mol. The van der Waals surface area contributed by atoms with Crippen LogP contribution in [0.1, 0.15) is 45.4 Å². The van der Waals surface area contributed by atoms with E-state index in [4.69, 9.17) is 25.8 Å². The Bertz CT molecular complexity index is 959. The van der Waals surface area contributed by atoms with Gasteiger partial charge in [0.15, 0.2) is 5.75 Å². The van der Waals surface area contributed by atoms with Crippen LogP contribution in [0.4, 0.5) is 5.69 Å². The second-order valence-corrected chi connectivity index (χ2v) is 10.3. The summed E-state index contributed by atoms with van der Waals surface area (Å²) in [6, 6.07) is 5.63. The molecule has 1 aromatic rings. The summed E-state index contributed by atoms with van der Waals surface area (Å²) in [7, 11) is 2.57. The summed E-state index contributed by atoms with van der Waals surface area (Å²) in [6.07, 6.45) is 10.9. The number of benzene rings is 1. The number of ether oxygens (including phenoxy) is 3. The Hall–Kier alpha value is -2.03. The highest BCUT2D eigenvalue weighted by molar-refractivity contribution is 8.29. The number of fused-ring (bicyclic) bond motifs is 1. The van der Waals surface area contributed by atoms with Gasteiger partial charge in [-0.15, -0.1) is 0 Å². The van der Waals surface area contributed by atoms with Crippen molar-refractivity contribution in [3.8, 4) is 5.75 Å². The molecule has 0 fully saturated rings. The maximum atomic E-state index is 12.1. The molecule has 3 rings (SSSR count). The second-order valence-electron chi connectivity index (χ2n) is 7.47. The molecule has 0 bridgehead atoms. The largest absolute Gasteiger partial charge is 0.465 e. The fourth-order valence-corrected chi connectivity index (χ4v) is 5.90. The van der Waals surface area contributed by atoms with Crippen LogP contribution in [0.5, 0.6) is 5.75 Å². The van der Waals surface area contributed by atoms with E-state index in [1.165, 1.54) is 63.4 Å². The fourth-order valence-electron chi connectivity index (χ4n) is 3.46. The summed E-state index contributed by atoms with van der Waals surface area (Å²) >= 11 is 8.53. The first-order valence-corrected chi connectivity index (χ1v) is 12.9. The quantitative estimate of drug-likeness (QED) is 0.257. The third-order valence-electron chi connectivity index (χ3n) is 5.14. The van der Waals surface area contributed by atoms with Crippen LogP contribution in [-0.2, 0) is 19.1 Å². The van der Waals surface area contributed by atoms with E-state index in [2.05, 4.69) is 11.8 Å². The minimum atomic E-state index is -0.562. The zero-order valence-corrected chi connectivity index (χ0v) is 21.4. The van der Waals surface area contributed by atoms with Gasteiger partial charge < -0.3 is 19.1 Å². The van der Waals surface area contributed by atoms with E-state index < -0.39 is 11.9 Å². The molecule has 0 spiro atoms. The number of methoxy groups -OCH3 is 2. The van der Waals surface area contributed by atoms with Crippen LogP contribution in [0.15, 0.2) is 50.3 Å². The van der Waals surface area contributed by atoms with Gasteiger partial charge in [-0.1, -0.05) is 74.2 Å². The number of thioether (sulfide) groups is 2. The van der Waals surface area contributed by atoms with Crippen molar-refractivity contribution in [1.82, 2.24) is 0 Å². The van der Waals surface area contributed by atoms with Gasteiger partial charge >= 0.3 is 11.9 Å². The summed E-state index contributed by atoms with van der Waals surface area (Å²) < 4.78 is 16.5. The van der Waals surface area contributed by atoms with E-state index in [0.717, 1.165) is 29.3 Å².